The maximum absolute atomic E-state index is 11.2. The summed E-state index contributed by atoms with van der Waals surface area (Å²) in [6.45, 7) is 2.01. The zero-order valence-electron chi connectivity index (χ0n) is 10.7. The van der Waals surface area contributed by atoms with Crippen molar-refractivity contribution in [3.8, 4) is 0 Å². The van der Waals surface area contributed by atoms with E-state index in [1.54, 1.807) is 23.0 Å². The Labute approximate surface area is 116 Å². The Balaban J connectivity index is 2.22. The van der Waals surface area contributed by atoms with Crippen molar-refractivity contribution >= 4 is 23.2 Å². The van der Waals surface area contributed by atoms with Crippen LogP contribution in [0.1, 0.15) is 29.0 Å². The third-order valence-corrected chi connectivity index (χ3v) is 3.25. The van der Waals surface area contributed by atoms with Crippen LogP contribution < -0.4 is 11.1 Å². The van der Waals surface area contributed by atoms with Gasteiger partial charge in [0.05, 0.1) is 22.3 Å². The summed E-state index contributed by atoms with van der Waals surface area (Å²) in [6, 6.07) is 7.09. The van der Waals surface area contributed by atoms with E-state index in [-0.39, 0.29) is 6.04 Å². The van der Waals surface area contributed by atoms with Crippen LogP contribution in [-0.2, 0) is 7.05 Å². The average molecular weight is 279 g/mol. The summed E-state index contributed by atoms with van der Waals surface area (Å²) in [5.74, 6) is -0.540. The van der Waals surface area contributed by atoms with Crippen LogP contribution in [0.4, 0.5) is 5.69 Å². The quantitative estimate of drug-likeness (QED) is 0.902. The maximum atomic E-state index is 11.2. The van der Waals surface area contributed by atoms with Crippen LogP contribution in [0.2, 0.25) is 5.02 Å². The molecule has 0 radical (unpaired) electrons. The monoisotopic (exact) mass is 278 g/mol. The van der Waals surface area contributed by atoms with E-state index in [0.29, 0.717) is 10.6 Å². The number of hydrogen-bond acceptors (Lipinski definition) is 3. The molecule has 0 fully saturated rings. The zero-order chi connectivity index (χ0) is 14.0. The molecule has 1 aromatic carbocycles. The number of carbonyl (C=O) groups excluding carboxylic acids is 1. The third-order valence-electron chi connectivity index (χ3n) is 2.92. The van der Waals surface area contributed by atoms with Crippen molar-refractivity contribution in [2.24, 2.45) is 12.8 Å². The summed E-state index contributed by atoms with van der Waals surface area (Å²) in [6.07, 6.45) is 1.74. The molecule has 0 spiro atoms. The number of rotatable bonds is 4. The highest BCUT2D eigenvalue weighted by Crippen LogP contribution is 2.23. The number of aromatic nitrogens is 2. The minimum atomic E-state index is -0.540. The first-order valence-electron chi connectivity index (χ1n) is 5.83. The lowest BCUT2D eigenvalue weighted by Crippen LogP contribution is -2.14. The van der Waals surface area contributed by atoms with E-state index in [0.717, 1.165) is 11.4 Å². The molecule has 1 heterocycles. The third kappa shape index (κ3) is 2.88. The number of anilines is 1. The van der Waals surface area contributed by atoms with Gasteiger partial charge in [0.1, 0.15) is 0 Å². The normalized spacial score (nSPS) is 12.2. The maximum Gasteiger partial charge on any atom is 0.250 e. The highest BCUT2D eigenvalue weighted by atomic mass is 35.5. The van der Waals surface area contributed by atoms with Crippen LogP contribution in [0.5, 0.6) is 0 Å². The molecule has 6 heteroatoms. The standard InChI is InChI=1S/C13H15ClN4O/c1-8(12-5-6-16-18(12)2)17-9-3-4-11(14)10(7-9)13(15)19/h3-8,17H,1-2H3,(H2,15,19). The fourth-order valence-electron chi connectivity index (χ4n) is 1.94. The molecule has 0 saturated heterocycles. The Kier molecular flexibility index (Phi) is 3.76. The van der Waals surface area contributed by atoms with Gasteiger partial charge in [-0.1, -0.05) is 11.6 Å². The number of nitrogens with zero attached hydrogens (tertiary/aromatic N) is 2. The van der Waals surface area contributed by atoms with Gasteiger partial charge in [-0.15, -0.1) is 0 Å². The predicted octanol–water partition coefficient (Wildman–Crippen LogP) is 2.35. The molecule has 5 nitrogen and oxygen atoms in total. The highest BCUT2D eigenvalue weighted by Gasteiger charge is 2.12. The van der Waals surface area contributed by atoms with Gasteiger partial charge in [0, 0.05) is 18.9 Å². The van der Waals surface area contributed by atoms with Crippen molar-refractivity contribution in [3.63, 3.8) is 0 Å². The van der Waals surface area contributed by atoms with E-state index < -0.39 is 5.91 Å². The summed E-state index contributed by atoms with van der Waals surface area (Å²) >= 11 is 5.91. The second-order valence-corrected chi connectivity index (χ2v) is 4.71. The Hall–Kier alpha value is -2.01. The lowest BCUT2D eigenvalue weighted by atomic mass is 10.1. The van der Waals surface area contributed by atoms with Crippen LogP contribution in [0.25, 0.3) is 0 Å². The topological polar surface area (TPSA) is 72.9 Å². The molecule has 2 aromatic rings. The van der Waals surface area contributed by atoms with Gasteiger partial charge in [-0.25, -0.2) is 0 Å². The van der Waals surface area contributed by atoms with Crippen molar-refractivity contribution in [1.29, 1.82) is 0 Å². The second-order valence-electron chi connectivity index (χ2n) is 4.30. The predicted molar refractivity (Wildman–Crippen MR) is 75.2 cm³/mol. The summed E-state index contributed by atoms with van der Waals surface area (Å²) in [4.78, 5) is 11.2. The van der Waals surface area contributed by atoms with E-state index >= 15 is 0 Å². The molecule has 1 aromatic heterocycles. The molecular weight excluding hydrogens is 264 g/mol. The molecule has 100 valence electrons. The average Bonchev–Trinajstić information content (AvgIpc) is 2.77. The van der Waals surface area contributed by atoms with Gasteiger partial charge in [-0.05, 0) is 31.2 Å². The van der Waals surface area contributed by atoms with Crippen molar-refractivity contribution in [2.75, 3.05) is 5.32 Å². The lowest BCUT2D eigenvalue weighted by molar-refractivity contribution is 0.100. The number of nitrogens with one attached hydrogen (secondary N) is 1. The molecule has 19 heavy (non-hydrogen) atoms. The van der Waals surface area contributed by atoms with Crippen LogP contribution in [0, 0.1) is 0 Å². The smallest absolute Gasteiger partial charge is 0.250 e. The van der Waals surface area contributed by atoms with Gasteiger partial charge in [0.2, 0.25) is 5.91 Å². The molecule has 2 rings (SSSR count). The fourth-order valence-corrected chi connectivity index (χ4v) is 2.15. The number of benzene rings is 1. The van der Waals surface area contributed by atoms with Gasteiger partial charge < -0.3 is 11.1 Å². The first-order valence-corrected chi connectivity index (χ1v) is 6.20. The van der Waals surface area contributed by atoms with E-state index in [2.05, 4.69) is 10.4 Å². The highest BCUT2D eigenvalue weighted by molar-refractivity contribution is 6.33. The van der Waals surface area contributed by atoms with Crippen LogP contribution in [-0.4, -0.2) is 15.7 Å². The van der Waals surface area contributed by atoms with Crippen molar-refractivity contribution in [1.82, 2.24) is 9.78 Å². The first kappa shape index (κ1) is 13.4. The van der Waals surface area contributed by atoms with E-state index in [1.165, 1.54) is 0 Å². The SMILES string of the molecule is CC(Nc1ccc(Cl)c(C(N)=O)c1)c1ccnn1C. The molecule has 0 bridgehead atoms. The van der Waals surface area contributed by atoms with Gasteiger partial charge >= 0.3 is 0 Å². The molecule has 0 aliphatic carbocycles. The molecule has 1 amide bonds. The molecule has 1 atom stereocenters. The Morgan fingerprint density at radius 3 is 2.79 bits per heavy atom. The fraction of sp³-hybridized carbons (Fsp3) is 0.231. The Morgan fingerprint density at radius 2 is 2.21 bits per heavy atom. The van der Waals surface area contributed by atoms with Gasteiger partial charge in [-0.3, -0.25) is 9.48 Å². The number of primary amides is 1. The minimum Gasteiger partial charge on any atom is -0.377 e. The number of halogens is 1. The molecule has 1 unspecified atom stereocenters. The molecule has 0 aliphatic heterocycles. The van der Waals surface area contributed by atoms with Crippen LogP contribution >= 0.6 is 11.6 Å². The van der Waals surface area contributed by atoms with Crippen molar-refractivity contribution in [2.45, 2.75) is 13.0 Å². The van der Waals surface area contributed by atoms with E-state index in [4.69, 9.17) is 17.3 Å². The molecular formula is C13H15ClN4O. The van der Waals surface area contributed by atoms with E-state index in [9.17, 15) is 4.79 Å². The summed E-state index contributed by atoms with van der Waals surface area (Å²) in [7, 11) is 1.88. The molecule has 0 aliphatic rings. The number of hydrogen-bond donors (Lipinski definition) is 2. The van der Waals surface area contributed by atoms with Crippen LogP contribution in [0.15, 0.2) is 30.5 Å². The Morgan fingerprint density at radius 1 is 1.47 bits per heavy atom. The van der Waals surface area contributed by atoms with Crippen molar-refractivity contribution < 1.29 is 4.79 Å². The number of carbonyl (C=O) groups is 1. The van der Waals surface area contributed by atoms with Crippen LogP contribution in [0.3, 0.4) is 0 Å². The summed E-state index contributed by atoms with van der Waals surface area (Å²) < 4.78 is 1.79. The number of amides is 1. The molecule has 0 saturated carbocycles. The summed E-state index contributed by atoms with van der Waals surface area (Å²) in [5, 5.41) is 7.75. The Bertz CT molecular complexity index is 608. The minimum absolute atomic E-state index is 0.0504. The number of aryl methyl sites for hydroxylation is 1. The van der Waals surface area contributed by atoms with Gasteiger partial charge in [0.15, 0.2) is 0 Å². The van der Waals surface area contributed by atoms with Gasteiger partial charge in [-0.2, -0.15) is 5.10 Å². The van der Waals surface area contributed by atoms with E-state index in [1.807, 2.05) is 26.1 Å². The number of nitrogens with two attached hydrogens (primary N) is 1. The lowest BCUT2D eigenvalue weighted by Gasteiger charge is -2.16. The largest absolute Gasteiger partial charge is 0.377 e. The summed E-state index contributed by atoms with van der Waals surface area (Å²) in [5.41, 5.74) is 7.40. The van der Waals surface area contributed by atoms with Crippen molar-refractivity contribution in [3.05, 3.63) is 46.7 Å². The zero-order valence-corrected chi connectivity index (χ0v) is 11.5. The van der Waals surface area contributed by atoms with Gasteiger partial charge in [0.25, 0.3) is 0 Å². The first-order chi connectivity index (χ1) is 8.99. The second kappa shape index (κ2) is 5.32. The molecule has 3 N–H and O–H groups in total.